The van der Waals surface area contributed by atoms with Crippen LogP contribution in [-0.4, -0.2) is 17.0 Å². The first-order valence-electron chi connectivity index (χ1n) is 7.44. The molecule has 0 fully saturated rings. The van der Waals surface area contributed by atoms with Crippen molar-refractivity contribution >= 4 is 34.0 Å². The molecule has 3 aromatic carbocycles. The van der Waals surface area contributed by atoms with Crippen LogP contribution in [0.25, 0.3) is 10.8 Å². The van der Waals surface area contributed by atoms with Gasteiger partial charge in [0.2, 0.25) is 0 Å². The first kappa shape index (κ1) is 15.5. The van der Waals surface area contributed by atoms with Crippen molar-refractivity contribution in [2.24, 2.45) is 0 Å². The molecule has 3 rings (SSSR count). The van der Waals surface area contributed by atoms with Crippen molar-refractivity contribution < 1.29 is 14.7 Å². The molecule has 118 valence electrons. The van der Waals surface area contributed by atoms with E-state index in [1.807, 2.05) is 72.8 Å². The zero-order valence-electron chi connectivity index (χ0n) is 12.8. The predicted octanol–water partition coefficient (Wildman–Crippen LogP) is 4.15. The van der Waals surface area contributed by atoms with E-state index in [4.69, 9.17) is 5.11 Å². The Bertz CT molecular complexity index is 916. The Balaban J connectivity index is 2.09. The smallest absolute Gasteiger partial charge is 0.328 e. The first-order valence-corrected chi connectivity index (χ1v) is 7.44. The second-order valence-corrected chi connectivity index (χ2v) is 5.21. The number of fused-ring (bicyclic) bond motifs is 1. The molecule has 0 unspecified atom stereocenters. The number of rotatable bonds is 4. The van der Waals surface area contributed by atoms with Crippen molar-refractivity contribution in [3.05, 3.63) is 84.9 Å². The molecule has 0 bridgehead atoms. The van der Waals surface area contributed by atoms with E-state index in [0.29, 0.717) is 11.4 Å². The fourth-order valence-electron chi connectivity index (χ4n) is 2.51. The van der Waals surface area contributed by atoms with Gasteiger partial charge in [-0.3, -0.25) is 9.69 Å². The maximum absolute atomic E-state index is 12.6. The molecule has 1 amide bonds. The highest BCUT2D eigenvalue weighted by Crippen LogP contribution is 2.28. The molecule has 4 nitrogen and oxygen atoms in total. The number of nitrogens with zero attached hydrogens (tertiary/aromatic N) is 1. The Labute approximate surface area is 139 Å². The molecule has 3 aromatic rings. The Morgan fingerprint density at radius 2 is 1.42 bits per heavy atom. The lowest BCUT2D eigenvalue weighted by Gasteiger charge is -2.22. The minimum atomic E-state index is -1.16. The number of carbonyl (C=O) groups excluding carboxylic acids is 1. The monoisotopic (exact) mass is 317 g/mol. The number of aliphatic carboxylic acids is 1. The summed E-state index contributed by atoms with van der Waals surface area (Å²) < 4.78 is 0. The van der Waals surface area contributed by atoms with Crippen molar-refractivity contribution in [1.82, 2.24) is 0 Å². The van der Waals surface area contributed by atoms with Gasteiger partial charge in [0, 0.05) is 23.5 Å². The second kappa shape index (κ2) is 6.79. The van der Waals surface area contributed by atoms with Crippen molar-refractivity contribution in [3.8, 4) is 0 Å². The lowest BCUT2D eigenvalue weighted by Crippen LogP contribution is -2.24. The van der Waals surface area contributed by atoms with E-state index in [9.17, 15) is 9.59 Å². The van der Waals surface area contributed by atoms with Gasteiger partial charge in [0.15, 0.2) is 0 Å². The Kier molecular flexibility index (Phi) is 4.38. The fraction of sp³-hybridized carbons (Fsp3) is 0. The molecule has 0 heterocycles. The molecule has 0 radical (unpaired) electrons. The van der Waals surface area contributed by atoms with E-state index in [1.54, 1.807) is 0 Å². The second-order valence-electron chi connectivity index (χ2n) is 5.21. The summed E-state index contributed by atoms with van der Waals surface area (Å²) in [5.41, 5.74) is 1.35. The van der Waals surface area contributed by atoms with Crippen LogP contribution in [0.5, 0.6) is 0 Å². The summed E-state index contributed by atoms with van der Waals surface area (Å²) in [6.45, 7) is 0. The third-order valence-corrected chi connectivity index (χ3v) is 3.59. The van der Waals surface area contributed by atoms with E-state index < -0.39 is 11.9 Å². The van der Waals surface area contributed by atoms with E-state index in [2.05, 4.69) is 0 Å². The van der Waals surface area contributed by atoms with Crippen LogP contribution in [0, 0.1) is 0 Å². The quantitative estimate of drug-likeness (QED) is 0.736. The predicted molar refractivity (Wildman–Crippen MR) is 94.3 cm³/mol. The number of carboxylic acids is 1. The van der Waals surface area contributed by atoms with Crippen molar-refractivity contribution in [3.63, 3.8) is 0 Å². The molecule has 0 aliphatic heterocycles. The molecule has 0 aromatic heterocycles. The standard InChI is InChI=1S/C20H15NO3/c22-19(12-13-20(23)24)21(17-8-2-1-3-9-17)18-11-10-15-6-4-5-7-16(15)14-18/h1-14H,(H,23,24)/b13-12-. The Hall–Kier alpha value is -3.40. The summed E-state index contributed by atoms with van der Waals surface area (Å²) in [6.07, 6.45) is 1.91. The SMILES string of the molecule is O=C(O)/C=C\C(=O)N(c1ccccc1)c1ccc2ccccc2c1. The van der Waals surface area contributed by atoms with Crippen LogP contribution in [0.2, 0.25) is 0 Å². The molecule has 0 aliphatic rings. The van der Waals surface area contributed by atoms with Crippen LogP contribution >= 0.6 is 0 Å². The van der Waals surface area contributed by atoms with Crippen molar-refractivity contribution in [2.45, 2.75) is 0 Å². The van der Waals surface area contributed by atoms with Crippen LogP contribution in [0.4, 0.5) is 11.4 Å². The molecular weight excluding hydrogens is 302 g/mol. The highest BCUT2D eigenvalue weighted by atomic mass is 16.4. The van der Waals surface area contributed by atoms with Crippen molar-refractivity contribution in [1.29, 1.82) is 0 Å². The molecule has 0 atom stereocenters. The van der Waals surface area contributed by atoms with Crippen LogP contribution < -0.4 is 4.90 Å². The van der Waals surface area contributed by atoms with E-state index in [-0.39, 0.29) is 0 Å². The fourth-order valence-corrected chi connectivity index (χ4v) is 2.51. The maximum atomic E-state index is 12.6. The van der Waals surface area contributed by atoms with Gasteiger partial charge in [-0.05, 0) is 35.0 Å². The summed E-state index contributed by atoms with van der Waals surface area (Å²) in [5, 5.41) is 10.8. The zero-order valence-corrected chi connectivity index (χ0v) is 12.8. The number of amides is 1. The van der Waals surface area contributed by atoms with Crippen molar-refractivity contribution in [2.75, 3.05) is 4.90 Å². The summed E-state index contributed by atoms with van der Waals surface area (Å²) in [6, 6.07) is 22.7. The lowest BCUT2D eigenvalue weighted by molar-refractivity contribution is -0.131. The number of benzene rings is 3. The lowest BCUT2D eigenvalue weighted by atomic mass is 10.1. The van der Waals surface area contributed by atoms with E-state index >= 15 is 0 Å². The number of para-hydroxylation sites is 1. The van der Waals surface area contributed by atoms with E-state index in [0.717, 1.165) is 22.9 Å². The molecule has 0 saturated heterocycles. The summed E-state index contributed by atoms with van der Waals surface area (Å²) in [4.78, 5) is 24.8. The average Bonchev–Trinajstić information content (AvgIpc) is 2.61. The Morgan fingerprint density at radius 1 is 0.750 bits per heavy atom. The highest BCUT2D eigenvalue weighted by Gasteiger charge is 2.16. The average molecular weight is 317 g/mol. The summed E-state index contributed by atoms with van der Waals surface area (Å²) in [5.74, 6) is -1.58. The normalized spacial score (nSPS) is 10.8. The minimum Gasteiger partial charge on any atom is -0.478 e. The van der Waals surface area contributed by atoms with Gasteiger partial charge in [-0.2, -0.15) is 0 Å². The first-order chi connectivity index (χ1) is 11.6. The maximum Gasteiger partial charge on any atom is 0.328 e. The third kappa shape index (κ3) is 3.33. The molecule has 1 N–H and O–H groups in total. The van der Waals surface area contributed by atoms with Gasteiger partial charge < -0.3 is 5.11 Å². The molecule has 24 heavy (non-hydrogen) atoms. The third-order valence-electron chi connectivity index (χ3n) is 3.59. The van der Waals surface area contributed by atoms with Gasteiger partial charge in [-0.25, -0.2) is 4.79 Å². The molecule has 0 spiro atoms. The number of hydrogen-bond acceptors (Lipinski definition) is 2. The van der Waals surface area contributed by atoms with Gasteiger partial charge >= 0.3 is 5.97 Å². The highest BCUT2D eigenvalue weighted by molar-refractivity contribution is 6.09. The van der Waals surface area contributed by atoms with Crippen LogP contribution in [0.1, 0.15) is 0 Å². The van der Waals surface area contributed by atoms with Gasteiger partial charge in [0.05, 0.1) is 0 Å². The summed E-state index contributed by atoms with van der Waals surface area (Å²) in [7, 11) is 0. The molecule has 4 heteroatoms. The summed E-state index contributed by atoms with van der Waals surface area (Å²) >= 11 is 0. The Morgan fingerprint density at radius 3 is 2.12 bits per heavy atom. The minimum absolute atomic E-state index is 0.418. The van der Waals surface area contributed by atoms with Crippen LogP contribution in [-0.2, 0) is 9.59 Å². The van der Waals surface area contributed by atoms with Gasteiger partial charge in [0.1, 0.15) is 0 Å². The number of carbonyl (C=O) groups is 2. The molecule has 0 aliphatic carbocycles. The molecular formula is C20H15NO3. The number of hydrogen-bond donors (Lipinski definition) is 1. The zero-order chi connectivity index (χ0) is 16.9. The van der Waals surface area contributed by atoms with Crippen LogP contribution in [0.15, 0.2) is 84.9 Å². The topological polar surface area (TPSA) is 57.6 Å². The largest absolute Gasteiger partial charge is 0.478 e. The van der Waals surface area contributed by atoms with Gasteiger partial charge in [0.25, 0.3) is 5.91 Å². The number of carboxylic acid groups (broad SMARTS) is 1. The molecule has 0 saturated carbocycles. The van der Waals surface area contributed by atoms with E-state index in [1.165, 1.54) is 4.90 Å². The number of anilines is 2. The van der Waals surface area contributed by atoms with Crippen LogP contribution in [0.3, 0.4) is 0 Å². The van der Waals surface area contributed by atoms with Gasteiger partial charge in [-0.15, -0.1) is 0 Å². The van der Waals surface area contributed by atoms with Gasteiger partial charge in [-0.1, -0.05) is 48.5 Å².